The number of benzene rings is 2. The zero-order chi connectivity index (χ0) is 15.5. The van der Waals surface area contributed by atoms with Crippen molar-refractivity contribution in [3.8, 4) is 0 Å². The summed E-state index contributed by atoms with van der Waals surface area (Å²) in [6.07, 6.45) is 4.84. The first-order valence-corrected chi connectivity index (χ1v) is 7.68. The molecule has 0 N–H and O–H groups in total. The van der Waals surface area contributed by atoms with Gasteiger partial charge < -0.3 is 4.90 Å². The topological polar surface area (TPSA) is 16.1 Å². The van der Waals surface area contributed by atoms with Gasteiger partial charge in [0, 0.05) is 24.3 Å². The van der Waals surface area contributed by atoms with Crippen LogP contribution in [0.15, 0.2) is 54.9 Å². The minimum absolute atomic E-state index is 0.950. The molecule has 0 bridgehead atoms. The highest BCUT2D eigenvalue weighted by atomic mass is 15.0. The zero-order valence-corrected chi connectivity index (χ0v) is 13.5. The first-order valence-electron chi connectivity index (χ1n) is 7.68. The number of hydrogen-bond donors (Lipinski definition) is 0. The van der Waals surface area contributed by atoms with E-state index in [1.165, 1.54) is 33.0 Å². The van der Waals surface area contributed by atoms with E-state index in [0.29, 0.717) is 0 Å². The van der Waals surface area contributed by atoms with Gasteiger partial charge in [-0.25, -0.2) is 0 Å². The van der Waals surface area contributed by atoms with Crippen LogP contribution in [0.5, 0.6) is 0 Å². The Balaban J connectivity index is 2.04. The molecule has 1 aromatic heterocycles. The van der Waals surface area contributed by atoms with Crippen LogP contribution in [0.25, 0.3) is 10.8 Å². The second-order valence-corrected chi connectivity index (χ2v) is 6.21. The third-order valence-electron chi connectivity index (χ3n) is 3.96. The van der Waals surface area contributed by atoms with Crippen molar-refractivity contribution in [1.29, 1.82) is 0 Å². The third kappa shape index (κ3) is 3.18. The van der Waals surface area contributed by atoms with Gasteiger partial charge in [-0.3, -0.25) is 4.98 Å². The number of hydrogen-bond acceptors (Lipinski definition) is 2. The van der Waals surface area contributed by atoms with Crippen LogP contribution in [0, 0.1) is 6.92 Å². The minimum Gasteiger partial charge on any atom is -0.305 e. The summed E-state index contributed by atoms with van der Waals surface area (Å²) in [4.78, 5) is 6.54. The Hall–Kier alpha value is -2.19. The number of pyridine rings is 1. The molecular formula is C20H22N2. The SMILES string of the molecule is Cc1cccc(Cc2ccc(CN(C)C)c3ccncc23)c1. The van der Waals surface area contributed by atoms with Gasteiger partial charge in [0.1, 0.15) is 0 Å². The Morgan fingerprint density at radius 2 is 1.77 bits per heavy atom. The van der Waals surface area contributed by atoms with E-state index >= 15 is 0 Å². The molecule has 2 heteroatoms. The molecule has 3 aromatic rings. The number of aryl methyl sites for hydroxylation is 1. The van der Waals surface area contributed by atoms with Gasteiger partial charge in [0.05, 0.1) is 0 Å². The van der Waals surface area contributed by atoms with Crippen LogP contribution in [0.2, 0.25) is 0 Å². The van der Waals surface area contributed by atoms with Gasteiger partial charge in [0.15, 0.2) is 0 Å². The molecule has 0 spiro atoms. The van der Waals surface area contributed by atoms with E-state index in [-0.39, 0.29) is 0 Å². The molecule has 2 nitrogen and oxygen atoms in total. The molecule has 0 saturated carbocycles. The molecule has 112 valence electrons. The molecule has 0 atom stereocenters. The van der Waals surface area contributed by atoms with Crippen LogP contribution in [0.4, 0.5) is 0 Å². The molecule has 0 unspecified atom stereocenters. The predicted molar refractivity (Wildman–Crippen MR) is 93.1 cm³/mol. The standard InChI is InChI=1S/C20H22N2/c1-15-5-4-6-16(11-15)12-17-7-8-18(14-22(2)3)19-9-10-21-13-20(17)19/h4-11,13H,12,14H2,1-3H3. The van der Waals surface area contributed by atoms with Crippen LogP contribution < -0.4 is 0 Å². The number of aromatic nitrogens is 1. The van der Waals surface area contributed by atoms with Crippen molar-refractivity contribution in [3.05, 3.63) is 77.1 Å². The quantitative estimate of drug-likeness (QED) is 0.716. The Kier molecular flexibility index (Phi) is 4.21. The summed E-state index contributed by atoms with van der Waals surface area (Å²) < 4.78 is 0. The molecule has 0 aliphatic carbocycles. The lowest BCUT2D eigenvalue weighted by atomic mass is 9.96. The van der Waals surface area contributed by atoms with E-state index in [1.54, 1.807) is 0 Å². The van der Waals surface area contributed by atoms with Gasteiger partial charge in [0.25, 0.3) is 0 Å². The normalized spacial score (nSPS) is 11.3. The first-order chi connectivity index (χ1) is 10.6. The molecule has 0 saturated heterocycles. The zero-order valence-electron chi connectivity index (χ0n) is 13.5. The van der Waals surface area contributed by atoms with Crippen molar-refractivity contribution in [2.24, 2.45) is 0 Å². The van der Waals surface area contributed by atoms with Crippen LogP contribution in [-0.4, -0.2) is 24.0 Å². The van der Waals surface area contributed by atoms with Gasteiger partial charge in [0.2, 0.25) is 0 Å². The van der Waals surface area contributed by atoms with Crippen LogP contribution in [0.1, 0.15) is 22.3 Å². The molecule has 3 rings (SSSR count). The number of nitrogens with zero attached hydrogens (tertiary/aromatic N) is 2. The highest BCUT2D eigenvalue weighted by Crippen LogP contribution is 2.25. The Morgan fingerprint density at radius 1 is 0.955 bits per heavy atom. The van der Waals surface area contributed by atoms with Crippen molar-refractivity contribution in [3.63, 3.8) is 0 Å². The van der Waals surface area contributed by atoms with Gasteiger partial charge in [-0.05, 0) is 55.6 Å². The summed E-state index contributed by atoms with van der Waals surface area (Å²) in [5.74, 6) is 0. The van der Waals surface area contributed by atoms with Crippen molar-refractivity contribution in [2.75, 3.05) is 14.1 Å². The summed E-state index contributed by atoms with van der Waals surface area (Å²) in [7, 11) is 4.21. The Bertz CT molecular complexity index is 791. The van der Waals surface area contributed by atoms with Crippen LogP contribution >= 0.6 is 0 Å². The Labute approximate surface area is 132 Å². The molecule has 0 aliphatic heterocycles. The lowest BCUT2D eigenvalue weighted by Crippen LogP contribution is -2.11. The monoisotopic (exact) mass is 290 g/mol. The average Bonchev–Trinajstić information content (AvgIpc) is 2.49. The maximum absolute atomic E-state index is 4.34. The van der Waals surface area contributed by atoms with Crippen molar-refractivity contribution < 1.29 is 0 Å². The largest absolute Gasteiger partial charge is 0.305 e. The lowest BCUT2D eigenvalue weighted by molar-refractivity contribution is 0.404. The van der Waals surface area contributed by atoms with Crippen molar-refractivity contribution >= 4 is 10.8 Å². The van der Waals surface area contributed by atoms with Gasteiger partial charge in [-0.1, -0.05) is 42.0 Å². The molecule has 0 radical (unpaired) electrons. The summed E-state index contributed by atoms with van der Waals surface area (Å²) in [6.45, 7) is 3.09. The Morgan fingerprint density at radius 3 is 2.55 bits per heavy atom. The van der Waals surface area contributed by atoms with E-state index in [0.717, 1.165) is 13.0 Å². The van der Waals surface area contributed by atoms with Gasteiger partial charge >= 0.3 is 0 Å². The summed E-state index contributed by atoms with van der Waals surface area (Å²) in [5, 5.41) is 2.58. The maximum atomic E-state index is 4.34. The molecule has 0 aliphatic rings. The minimum atomic E-state index is 0.950. The fraction of sp³-hybridized carbons (Fsp3) is 0.250. The van der Waals surface area contributed by atoms with Crippen molar-refractivity contribution in [2.45, 2.75) is 19.9 Å². The lowest BCUT2D eigenvalue weighted by Gasteiger charge is -2.14. The maximum Gasteiger partial charge on any atom is 0.0349 e. The molecular weight excluding hydrogens is 268 g/mol. The molecule has 22 heavy (non-hydrogen) atoms. The van der Waals surface area contributed by atoms with Gasteiger partial charge in [-0.2, -0.15) is 0 Å². The van der Waals surface area contributed by atoms with E-state index in [2.05, 4.69) is 73.4 Å². The number of fused-ring (bicyclic) bond motifs is 1. The van der Waals surface area contributed by atoms with E-state index < -0.39 is 0 Å². The van der Waals surface area contributed by atoms with Crippen molar-refractivity contribution in [1.82, 2.24) is 9.88 Å². The van der Waals surface area contributed by atoms with Crippen LogP contribution in [-0.2, 0) is 13.0 Å². The van der Waals surface area contributed by atoms with E-state index in [9.17, 15) is 0 Å². The summed E-state index contributed by atoms with van der Waals surface area (Å²) in [5.41, 5.74) is 5.36. The summed E-state index contributed by atoms with van der Waals surface area (Å²) in [6, 6.07) is 15.4. The van der Waals surface area contributed by atoms with Gasteiger partial charge in [-0.15, -0.1) is 0 Å². The van der Waals surface area contributed by atoms with Crippen LogP contribution in [0.3, 0.4) is 0 Å². The van der Waals surface area contributed by atoms with E-state index in [1.807, 2.05) is 12.4 Å². The first kappa shape index (κ1) is 14.7. The summed E-state index contributed by atoms with van der Waals surface area (Å²) >= 11 is 0. The fourth-order valence-electron chi connectivity index (χ4n) is 2.99. The fourth-order valence-corrected chi connectivity index (χ4v) is 2.99. The van der Waals surface area contributed by atoms with E-state index in [4.69, 9.17) is 0 Å². The smallest absolute Gasteiger partial charge is 0.0349 e. The molecule has 0 fully saturated rings. The third-order valence-corrected chi connectivity index (χ3v) is 3.96. The molecule has 1 heterocycles. The highest BCUT2D eigenvalue weighted by molar-refractivity contribution is 5.88. The average molecular weight is 290 g/mol. The molecule has 2 aromatic carbocycles. The predicted octanol–water partition coefficient (Wildman–Crippen LogP) is 4.20. The second-order valence-electron chi connectivity index (χ2n) is 6.21. The highest BCUT2D eigenvalue weighted by Gasteiger charge is 2.08. The second kappa shape index (κ2) is 6.29. The number of rotatable bonds is 4. The molecule has 0 amide bonds.